The summed E-state index contributed by atoms with van der Waals surface area (Å²) < 4.78 is 36.8. The fourth-order valence-corrected chi connectivity index (χ4v) is 4.61. The molecule has 6 heteroatoms. The Morgan fingerprint density at radius 2 is 2.21 bits per heavy atom. The van der Waals surface area contributed by atoms with Gasteiger partial charge in [0, 0.05) is 19.1 Å². The molecule has 0 aromatic heterocycles. The molecule has 4 nitrogen and oxygen atoms in total. The van der Waals surface area contributed by atoms with Crippen molar-refractivity contribution in [3.05, 3.63) is 23.5 Å². The van der Waals surface area contributed by atoms with Crippen LogP contribution >= 0.6 is 0 Å². The lowest BCUT2D eigenvalue weighted by Gasteiger charge is -2.36. The van der Waals surface area contributed by atoms with Gasteiger partial charge in [0.15, 0.2) is 9.84 Å². The Kier molecular flexibility index (Phi) is 2.92. The van der Waals surface area contributed by atoms with E-state index in [1.807, 2.05) is 6.07 Å². The lowest BCUT2D eigenvalue weighted by atomic mass is 10.1. The van der Waals surface area contributed by atoms with Gasteiger partial charge in [0.1, 0.15) is 5.82 Å². The van der Waals surface area contributed by atoms with Gasteiger partial charge in [0.2, 0.25) is 0 Å². The molecule has 0 aliphatic carbocycles. The summed E-state index contributed by atoms with van der Waals surface area (Å²) in [5.74, 6) is 0.243. The van der Waals surface area contributed by atoms with Gasteiger partial charge in [-0.25, -0.2) is 12.8 Å². The van der Waals surface area contributed by atoms with Crippen LogP contribution in [0.15, 0.2) is 12.1 Å². The van der Waals surface area contributed by atoms with E-state index in [1.54, 1.807) is 6.92 Å². The van der Waals surface area contributed by atoms with Crippen LogP contribution in [0, 0.1) is 12.7 Å². The molecule has 1 saturated heterocycles. The third kappa shape index (κ3) is 2.29. The number of nitrogens with zero attached hydrogens (tertiary/aromatic N) is 1. The third-order valence-corrected chi connectivity index (χ3v) is 5.65. The lowest BCUT2D eigenvalue weighted by Crippen LogP contribution is -2.42. The first-order valence-corrected chi connectivity index (χ1v) is 8.29. The van der Waals surface area contributed by atoms with E-state index in [0.717, 1.165) is 17.9 Å². The number of sulfone groups is 1. The van der Waals surface area contributed by atoms with Crippen LogP contribution in [0.3, 0.4) is 0 Å². The Hall–Kier alpha value is -1.30. The summed E-state index contributed by atoms with van der Waals surface area (Å²) >= 11 is 0. The van der Waals surface area contributed by atoms with E-state index >= 15 is 0 Å². The second-order valence-electron chi connectivity index (χ2n) is 5.30. The topological polar surface area (TPSA) is 49.4 Å². The summed E-state index contributed by atoms with van der Waals surface area (Å²) in [6.45, 7) is 3.21. The van der Waals surface area contributed by atoms with Crippen LogP contribution in [-0.2, 0) is 9.84 Å². The maximum Gasteiger partial charge on any atom is 0.152 e. The molecule has 0 spiro atoms. The highest BCUT2D eigenvalue weighted by molar-refractivity contribution is 7.91. The average molecular weight is 284 g/mol. The van der Waals surface area contributed by atoms with Gasteiger partial charge < -0.3 is 10.2 Å². The van der Waals surface area contributed by atoms with Crippen molar-refractivity contribution in [1.29, 1.82) is 0 Å². The maximum absolute atomic E-state index is 13.6. The summed E-state index contributed by atoms with van der Waals surface area (Å²) in [5, 5.41) is 3.17. The fraction of sp³-hybridized carbons (Fsp3) is 0.538. The molecule has 0 radical (unpaired) electrons. The Morgan fingerprint density at radius 3 is 2.89 bits per heavy atom. The minimum atomic E-state index is -2.90. The number of hydrogen-bond donors (Lipinski definition) is 1. The van der Waals surface area contributed by atoms with Crippen molar-refractivity contribution in [1.82, 2.24) is 0 Å². The van der Waals surface area contributed by atoms with E-state index in [2.05, 4.69) is 10.2 Å². The maximum atomic E-state index is 13.6. The van der Waals surface area contributed by atoms with E-state index in [-0.39, 0.29) is 23.4 Å². The molecule has 1 fully saturated rings. The van der Waals surface area contributed by atoms with Crippen LogP contribution in [-0.4, -0.2) is 39.1 Å². The van der Waals surface area contributed by atoms with Crippen LogP contribution in [0.1, 0.15) is 12.0 Å². The van der Waals surface area contributed by atoms with Crippen molar-refractivity contribution in [2.24, 2.45) is 0 Å². The highest BCUT2D eigenvalue weighted by atomic mass is 32.2. The molecule has 2 aliphatic heterocycles. The van der Waals surface area contributed by atoms with Gasteiger partial charge in [-0.15, -0.1) is 0 Å². The second-order valence-corrected chi connectivity index (χ2v) is 7.52. The predicted octanol–water partition coefficient (Wildman–Crippen LogP) is 1.55. The quantitative estimate of drug-likeness (QED) is 0.850. The molecule has 1 atom stereocenters. The fourth-order valence-electron chi connectivity index (χ4n) is 2.88. The molecule has 0 bridgehead atoms. The number of hydrogen-bond acceptors (Lipinski definition) is 4. The van der Waals surface area contributed by atoms with Crippen LogP contribution in [0.5, 0.6) is 0 Å². The standard InChI is InChI=1S/C13H17FN2O2S/c1-9-6-13-12(7-11(9)14)15-3-4-16(13)10-2-5-19(17,18)8-10/h6-7,10,15H,2-5,8H2,1H3. The van der Waals surface area contributed by atoms with Crippen molar-refractivity contribution in [3.63, 3.8) is 0 Å². The first kappa shape index (κ1) is 12.7. The third-order valence-electron chi connectivity index (χ3n) is 3.90. The summed E-state index contributed by atoms with van der Waals surface area (Å²) in [6.07, 6.45) is 0.665. The SMILES string of the molecule is Cc1cc2c(cc1F)NCCN2C1CCS(=O)(=O)C1. The van der Waals surface area contributed by atoms with E-state index in [9.17, 15) is 12.8 Å². The summed E-state index contributed by atoms with van der Waals surface area (Å²) in [7, 11) is -2.90. The van der Waals surface area contributed by atoms with E-state index in [1.165, 1.54) is 6.07 Å². The van der Waals surface area contributed by atoms with Crippen LogP contribution < -0.4 is 10.2 Å². The van der Waals surface area contributed by atoms with E-state index in [0.29, 0.717) is 18.5 Å². The average Bonchev–Trinajstić information content (AvgIpc) is 2.70. The summed E-state index contributed by atoms with van der Waals surface area (Å²) in [5.41, 5.74) is 2.28. The van der Waals surface area contributed by atoms with Gasteiger partial charge in [-0.05, 0) is 31.0 Å². The number of rotatable bonds is 1. The van der Waals surface area contributed by atoms with Gasteiger partial charge in [-0.2, -0.15) is 0 Å². The molecule has 1 N–H and O–H groups in total. The number of fused-ring (bicyclic) bond motifs is 1. The molecule has 1 aromatic rings. The van der Waals surface area contributed by atoms with Gasteiger partial charge in [0.25, 0.3) is 0 Å². The highest BCUT2D eigenvalue weighted by Crippen LogP contribution is 2.35. The second kappa shape index (κ2) is 4.37. The Morgan fingerprint density at radius 1 is 1.42 bits per heavy atom. The Balaban J connectivity index is 1.97. The minimum absolute atomic E-state index is 0.0238. The lowest BCUT2D eigenvalue weighted by molar-refractivity contribution is 0.597. The molecule has 1 aromatic carbocycles. The molecular weight excluding hydrogens is 267 g/mol. The van der Waals surface area contributed by atoms with Crippen molar-refractivity contribution in [2.75, 3.05) is 34.8 Å². The molecule has 2 heterocycles. The molecule has 3 rings (SSSR count). The smallest absolute Gasteiger partial charge is 0.152 e. The van der Waals surface area contributed by atoms with Crippen molar-refractivity contribution in [3.8, 4) is 0 Å². The van der Waals surface area contributed by atoms with Crippen LogP contribution in [0.2, 0.25) is 0 Å². The molecular formula is C13H17FN2O2S. The van der Waals surface area contributed by atoms with Gasteiger partial charge in [-0.1, -0.05) is 0 Å². The van der Waals surface area contributed by atoms with Gasteiger partial charge in [-0.3, -0.25) is 0 Å². The Bertz CT molecular complexity index is 615. The van der Waals surface area contributed by atoms with E-state index in [4.69, 9.17) is 0 Å². The zero-order valence-electron chi connectivity index (χ0n) is 10.8. The zero-order chi connectivity index (χ0) is 13.6. The monoisotopic (exact) mass is 284 g/mol. The molecule has 1 unspecified atom stereocenters. The van der Waals surface area contributed by atoms with Crippen molar-refractivity contribution < 1.29 is 12.8 Å². The van der Waals surface area contributed by atoms with Crippen LogP contribution in [0.25, 0.3) is 0 Å². The van der Waals surface area contributed by atoms with E-state index < -0.39 is 9.84 Å². The number of anilines is 2. The van der Waals surface area contributed by atoms with Gasteiger partial charge >= 0.3 is 0 Å². The molecule has 0 saturated carbocycles. The minimum Gasteiger partial charge on any atom is -0.382 e. The summed E-state index contributed by atoms with van der Waals surface area (Å²) in [4.78, 5) is 2.11. The molecule has 0 amide bonds. The normalized spacial score (nSPS) is 24.9. The molecule has 104 valence electrons. The number of halogens is 1. The first-order chi connectivity index (χ1) is 8.96. The van der Waals surface area contributed by atoms with Crippen LogP contribution in [0.4, 0.5) is 15.8 Å². The number of nitrogens with one attached hydrogen (secondary N) is 1. The van der Waals surface area contributed by atoms with Crippen molar-refractivity contribution in [2.45, 2.75) is 19.4 Å². The van der Waals surface area contributed by atoms with Crippen molar-refractivity contribution >= 4 is 21.2 Å². The predicted molar refractivity (Wildman–Crippen MR) is 74.0 cm³/mol. The summed E-state index contributed by atoms with van der Waals surface area (Å²) in [6, 6.07) is 3.33. The molecule has 2 aliphatic rings. The van der Waals surface area contributed by atoms with Gasteiger partial charge in [0.05, 0.1) is 22.9 Å². The first-order valence-electron chi connectivity index (χ1n) is 6.47. The highest BCUT2D eigenvalue weighted by Gasteiger charge is 2.34. The Labute approximate surface area is 112 Å². The number of benzene rings is 1. The zero-order valence-corrected chi connectivity index (χ0v) is 11.6. The molecule has 19 heavy (non-hydrogen) atoms. The largest absolute Gasteiger partial charge is 0.382 e. The number of aryl methyl sites for hydroxylation is 1.